The topological polar surface area (TPSA) is 25.2 Å². The molecule has 2 rings (SSSR count). The van der Waals surface area contributed by atoms with Gasteiger partial charge in [-0.05, 0) is 55.5 Å². The third kappa shape index (κ3) is 2.80. The highest BCUT2D eigenvalue weighted by Gasteiger charge is 2.27. The quantitative estimate of drug-likeness (QED) is 0.837. The first-order valence-electron chi connectivity index (χ1n) is 6.30. The molecule has 0 spiro atoms. The van der Waals surface area contributed by atoms with Crippen molar-refractivity contribution in [2.45, 2.75) is 45.1 Å². The van der Waals surface area contributed by atoms with Crippen LogP contribution < -0.4 is 5.32 Å². The van der Waals surface area contributed by atoms with Gasteiger partial charge in [0.1, 0.15) is 5.76 Å². The summed E-state index contributed by atoms with van der Waals surface area (Å²) in [6.07, 6.45) is 6.46. The summed E-state index contributed by atoms with van der Waals surface area (Å²) in [4.78, 5) is 0. The number of nitrogens with one attached hydrogen (secondary N) is 1. The second-order valence-electron chi connectivity index (χ2n) is 4.62. The van der Waals surface area contributed by atoms with Crippen molar-refractivity contribution in [1.82, 2.24) is 5.32 Å². The fraction of sp³-hybridized carbons (Fsp3) is 0.692. The van der Waals surface area contributed by atoms with E-state index >= 15 is 0 Å². The number of hydrogen-bond acceptors (Lipinski definition) is 2. The van der Waals surface area contributed by atoms with Crippen LogP contribution in [0.4, 0.5) is 0 Å². The van der Waals surface area contributed by atoms with Crippen LogP contribution in [0.2, 0.25) is 5.22 Å². The molecule has 1 aromatic heterocycles. The van der Waals surface area contributed by atoms with Crippen molar-refractivity contribution < 1.29 is 4.42 Å². The third-order valence-electron chi connectivity index (χ3n) is 3.39. The molecule has 2 nitrogen and oxygen atoms in total. The van der Waals surface area contributed by atoms with Crippen LogP contribution in [0.3, 0.4) is 0 Å². The van der Waals surface area contributed by atoms with E-state index in [0.29, 0.717) is 17.2 Å². The fourth-order valence-corrected chi connectivity index (χ4v) is 2.74. The highest BCUT2D eigenvalue weighted by atomic mass is 35.5. The monoisotopic (exact) mass is 241 g/mol. The van der Waals surface area contributed by atoms with Crippen molar-refractivity contribution in [3.05, 3.63) is 23.1 Å². The Morgan fingerprint density at radius 1 is 1.44 bits per heavy atom. The summed E-state index contributed by atoms with van der Waals surface area (Å²) in [7, 11) is 0. The van der Waals surface area contributed by atoms with E-state index in [1.807, 2.05) is 12.1 Å². The van der Waals surface area contributed by atoms with E-state index < -0.39 is 0 Å². The Labute approximate surface area is 102 Å². The zero-order valence-corrected chi connectivity index (χ0v) is 10.6. The SMILES string of the molecule is CCCNC(c1ccc(Cl)o1)C1CCCC1. The molecule has 1 aromatic rings. The molecule has 1 aliphatic rings. The van der Waals surface area contributed by atoms with Crippen molar-refractivity contribution in [1.29, 1.82) is 0 Å². The first kappa shape index (κ1) is 12.0. The molecule has 1 atom stereocenters. The minimum Gasteiger partial charge on any atom is -0.448 e. The van der Waals surface area contributed by atoms with Gasteiger partial charge in [0.05, 0.1) is 6.04 Å². The predicted octanol–water partition coefficient (Wildman–Crippen LogP) is 4.16. The van der Waals surface area contributed by atoms with Gasteiger partial charge in [-0.3, -0.25) is 0 Å². The molecule has 0 aliphatic heterocycles. The van der Waals surface area contributed by atoms with E-state index in [4.69, 9.17) is 16.0 Å². The zero-order valence-electron chi connectivity index (χ0n) is 9.84. The molecular weight excluding hydrogens is 222 g/mol. The van der Waals surface area contributed by atoms with E-state index in [1.165, 1.54) is 25.7 Å². The summed E-state index contributed by atoms with van der Waals surface area (Å²) in [6, 6.07) is 4.20. The van der Waals surface area contributed by atoms with Gasteiger partial charge in [0.15, 0.2) is 5.22 Å². The fourth-order valence-electron chi connectivity index (χ4n) is 2.59. The molecule has 1 fully saturated rings. The van der Waals surface area contributed by atoms with Gasteiger partial charge >= 0.3 is 0 Å². The largest absolute Gasteiger partial charge is 0.448 e. The summed E-state index contributed by atoms with van der Waals surface area (Å²) in [6.45, 7) is 3.23. The molecule has 1 N–H and O–H groups in total. The Morgan fingerprint density at radius 3 is 2.75 bits per heavy atom. The van der Waals surface area contributed by atoms with Gasteiger partial charge in [0.25, 0.3) is 0 Å². The predicted molar refractivity (Wildman–Crippen MR) is 66.7 cm³/mol. The Hall–Kier alpha value is -0.470. The molecule has 1 saturated carbocycles. The highest BCUT2D eigenvalue weighted by molar-refractivity contribution is 6.28. The minimum atomic E-state index is 0.356. The second-order valence-corrected chi connectivity index (χ2v) is 4.99. The molecule has 1 unspecified atom stereocenters. The maximum Gasteiger partial charge on any atom is 0.193 e. The van der Waals surface area contributed by atoms with Crippen molar-refractivity contribution in [3.63, 3.8) is 0 Å². The van der Waals surface area contributed by atoms with Gasteiger partial charge in [-0.1, -0.05) is 19.8 Å². The normalized spacial score (nSPS) is 19.1. The lowest BCUT2D eigenvalue weighted by Crippen LogP contribution is -2.27. The van der Waals surface area contributed by atoms with Crippen molar-refractivity contribution in [2.24, 2.45) is 5.92 Å². The summed E-state index contributed by atoms with van der Waals surface area (Å²) < 4.78 is 5.56. The molecule has 0 bridgehead atoms. The molecule has 3 heteroatoms. The number of rotatable bonds is 5. The maximum absolute atomic E-state index is 5.85. The van der Waals surface area contributed by atoms with Crippen LogP contribution in [-0.4, -0.2) is 6.54 Å². The minimum absolute atomic E-state index is 0.356. The molecular formula is C13H20ClNO. The Morgan fingerprint density at radius 2 is 2.19 bits per heavy atom. The second kappa shape index (κ2) is 5.74. The van der Waals surface area contributed by atoms with E-state index in [-0.39, 0.29) is 0 Å². The first-order valence-corrected chi connectivity index (χ1v) is 6.67. The maximum atomic E-state index is 5.85. The molecule has 0 aromatic carbocycles. The van der Waals surface area contributed by atoms with Crippen molar-refractivity contribution >= 4 is 11.6 Å². The van der Waals surface area contributed by atoms with E-state index in [9.17, 15) is 0 Å². The molecule has 1 aliphatic carbocycles. The van der Waals surface area contributed by atoms with Crippen molar-refractivity contribution in [2.75, 3.05) is 6.54 Å². The molecule has 1 heterocycles. The lowest BCUT2D eigenvalue weighted by Gasteiger charge is -2.22. The molecule has 0 amide bonds. The number of halogens is 1. The van der Waals surface area contributed by atoms with Crippen LogP contribution in [0.1, 0.15) is 50.8 Å². The average molecular weight is 242 g/mol. The van der Waals surface area contributed by atoms with Gasteiger partial charge in [-0.2, -0.15) is 0 Å². The Kier molecular flexibility index (Phi) is 4.30. The Balaban J connectivity index is 2.06. The lowest BCUT2D eigenvalue weighted by molar-refractivity contribution is 0.313. The van der Waals surface area contributed by atoms with Crippen LogP contribution in [0.25, 0.3) is 0 Å². The van der Waals surface area contributed by atoms with Gasteiger partial charge < -0.3 is 9.73 Å². The Bertz CT molecular complexity index is 317. The van der Waals surface area contributed by atoms with Gasteiger partial charge in [-0.25, -0.2) is 0 Å². The number of hydrogen-bond donors (Lipinski definition) is 1. The summed E-state index contributed by atoms with van der Waals surface area (Å²) >= 11 is 5.85. The van der Waals surface area contributed by atoms with Gasteiger partial charge in [0.2, 0.25) is 0 Å². The van der Waals surface area contributed by atoms with Gasteiger partial charge in [-0.15, -0.1) is 0 Å². The number of furan rings is 1. The van der Waals surface area contributed by atoms with Crippen molar-refractivity contribution in [3.8, 4) is 0 Å². The molecule has 16 heavy (non-hydrogen) atoms. The molecule has 0 radical (unpaired) electrons. The summed E-state index contributed by atoms with van der Waals surface area (Å²) in [5, 5.41) is 4.09. The van der Waals surface area contributed by atoms with Crippen LogP contribution >= 0.6 is 11.6 Å². The highest BCUT2D eigenvalue weighted by Crippen LogP contribution is 2.36. The van der Waals surface area contributed by atoms with Crippen LogP contribution in [-0.2, 0) is 0 Å². The molecule has 90 valence electrons. The van der Waals surface area contributed by atoms with Crippen LogP contribution in [0.5, 0.6) is 0 Å². The van der Waals surface area contributed by atoms with E-state index in [2.05, 4.69) is 12.2 Å². The van der Waals surface area contributed by atoms with E-state index in [0.717, 1.165) is 18.7 Å². The first-order chi connectivity index (χ1) is 7.81. The molecule has 0 saturated heterocycles. The zero-order chi connectivity index (χ0) is 11.4. The summed E-state index contributed by atoms with van der Waals surface area (Å²) in [5.74, 6) is 1.72. The smallest absolute Gasteiger partial charge is 0.193 e. The average Bonchev–Trinajstić information content (AvgIpc) is 2.91. The van der Waals surface area contributed by atoms with Crippen LogP contribution in [0, 0.1) is 5.92 Å². The lowest BCUT2D eigenvalue weighted by atomic mass is 9.96. The third-order valence-corrected chi connectivity index (χ3v) is 3.59. The van der Waals surface area contributed by atoms with E-state index in [1.54, 1.807) is 0 Å². The summed E-state index contributed by atoms with van der Waals surface area (Å²) in [5.41, 5.74) is 0. The van der Waals surface area contributed by atoms with Crippen LogP contribution in [0.15, 0.2) is 16.5 Å². The standard InChI is InChI=1S/C13H20ClNO/c1-2-9-15-13(10-5-3-4-6-10)11-7-8-12(14)16-11/h7-8,10,13,15H,2-6,9H2,1H3. The van der Waals surface area contributed by atoms with Gasteiger partial charge in [0, 0.05) is 0 Å².